The first kappa shape index (κ1) is 20.2. The van der Waals surface area contributed by atoms with E-state index in [1.54, 1.807) is 11.8 Å². The first-order valence-electron chi connectivity index (χ1n) is 9.27. The average molecular weight is 407 g/mol. The van der Waals surface area contributed by atoms with Crippen molar-refractivity contribution in [2.75, 3.05) is 26.2 Å². The van der Waals surface area contributed by atoms with Gasteiger partial charge in [-0.15, -0.1) is 11.8 Å². The Morgan fingerprint density at radius 2 is 1.81 bits per heavy atom. The standard InChI is InChI=1S/C20H27ClN4OS/c1-14-19(15(2)23(4)22-14)13-24-9-11-25(12-10-24)20(26)16(3)27-18-7-5-17(21)6-8-18/h5-8,16H,9-13H2,1-4H3. The van der Waals surface area contributed by atoms with Gasteiger partial charge in [0.1, 0.15) is 0 Å². The van der Waals surface area contributed by atoms with Crippen molar-refractivity contribution >= 4 is 29.3 Å². The van der Waals surface area contributed by atoms with Crippen LogP contribution in [0, 0.1) is 13.8 Å². The molecule has 2 heterocycles. The van der Waals surface area contributed by atoms with Gasteiger partial charge >= 0.3 is 0 Å². The van der Waals surface area contributed by atoms with E-state index in [-0.39, 0.29) is 11.2 Å². The smallest absolute Gasteiger partial charge is 0.235 e. The molecule has 1 fully saturated rings. The number of piperazine rings is 1. The Kier molecular flexibility index (Phi) is 6.50. The number of thioether (sulfide) groups is 1. The van der Waals surface area contributed by atoms with Gasteiger partial charge in [-0.3, -0.25) is 14.4 Å². The van der Waals surface area contributed by atoms with Crippen LogP contribution in [0.15, 0.2) is 29.2 Å². The number of nitrogens with zero attached hydrogens (tertiary/aromatic N) is 4. The molecule has 1 aromatic heterocycles. The molecule has 0 radical (unpaired) electrons. The molecule has 7 heteroatoms. The Balaban J connectivity index is 1.52. The second kappa shape index (κ2) is 8.67. The van der Waals surface area contributed by atoms with Gasteiger partial charge in [0.25, 0.3) is 0 Å². The van der Waals surface area contributed by atoms with Crippen molar-refractivity contribution in [1.82, 2.24) is 19.6 Å². The summed E-state index contributed by atoms with van der Waals surface area (Å²) in [6.07, 6.45) is 0. The van der Waals surface area contributed by atoms with Crippen LogP contribution < -0.4 is 0 Å². The number of carbonyl (C=O) groups is 1. The van der Waals surface area contributed by atoms with Gasteiger partial charge in [0.2, 0.25) is 5.91 Å². The van der Waals surface area contributed by atoms with Crippen LogP contribution in [0.4, 0.5) is 0 Å². The summed E-state index contributed by atoms with van der Waals surface area (Å²) in [4.78, 5) is 18.3. The summed E-state index contributed by atoms with van der Waals surface area (Å²) in [5, 5.41) is 5.12. The van der Waals surface area contributed by atoms with Crippen molar-refractivity contribution in [2.24, 2.45) is 7.05 Å². The van der Waals surface area contributed by atoms with E-state index in [4.69, 9.17) is 11.6 Å². The van der Waals surface area contributed by atoms with Crippen molar-refractivity contribution in [1.29, 1.82) is 0 Å². The molecule has 1 aromatic carbocycles. The van der Waals surface area contributed by atoms with E-state index in [0.29, 0.717) is 5.02 Å². The molecule has 3 rings (SSSR count). The number of aryl methyl sites for hydroxylation is 2. The summed E-state index contributed by atoms with van der Waals surface area (Å²) in [6.45, 7) is 10.4. The highest BCUT2D eigenvalue weighted by Crippen LogP contribution is 2.26. The molecule has 0 N–H and O–H groups in total. The van der Waals surface area contributed by atoms with Crippen LogP contribution >= 0.6 is 23.4 Å². The molecular formula is C20H27ClN4OS. The van der Waals surface area contributed by atoms with Gasteiger partial charge in [-0.05, 0) is 45.0 Å². The highest BCUT2D eigenvalue weighted by atomic mass is 35.5. The zero-order valence-electron chi connectivity index (χ0n) is 16.4. The van der Waals surface area contributed by atoms with Gasteiger partial charge in [0.05, 0.1) is 10.9 Å². The lowest BCUT2D eigenvalue weighted by Crippen LogP contribution is -2.50. The fourth-order valence-electron chi connectivity index (χ4n) is 3.42. The number of hydrogen-bond acceptors (Lipinski definition) is 4. The zero-order chi connectivity index (χ0) is 19.6. The Morgan fingerprint density at radius 1 is 1.19 bits per heavy atom. The first-order chi connectivity index (χ1) is 12.8. The van der Waals surface area contributed by atoms with Gasteiger partial charge in [-0.25, -0.2) is 0 Å². The summed E-state index contributed by atoms with van der Waals surface area (Å²) in [6, 6.07) is 7.66. The van der Waals surface area contributed by atoms with Crippen LogP contribution in [0.2, 0.25) is 5.02 Å². The fourth-order valence-corrected chi connectivity index (χ4v) is 4.50. The molecule has 1 saturated heterocycles. The molecule has 1 aliphatic rings. The Labute approximate surface area is 170 Å². The second-order valence-electron chi connectivity index (χ2n) is 7.09. The number of aromatic nitrogens is 2. The predicted octanol–water partition coefficient (Wildman–Crippen LogP) is 3.52. The van der Waals surface area contributed by atoms with Crippen LogP contribution in [0.5, 0.6) is 0 Å². The third-order valence-corrected chi connectivity index (χ3v) is 6.55. The number of amides is 1. The van der Waals surface area contributed by atoms with Gasteiger partial charge in [-0.2, -0.15) is 5.10 Å². The van der Waals surface area contributed by atoms with E-state index in [0.717, 1.165) is 43.3 Å². The summed E-state index contributed by atoms with van der Waals surface area (Å²) < 4.78 is 1.94. The number of benzene rings is 1. The highest BCUT2D eigenvalue weighted by Gasteiger charge is 2.26. The molecule has 0 bridgehead atoms. The van der Waals surface area contributed by atoms with Crippen LogP contribution in [-0.4, -0.2) is 56.9 Å². The maximum Gasteiger partial charge on any atom is 0.235 e. The van der Waals surface area contributed by atoms with Crippen molar-refractivity contribution in [3.8, 4) is 0 Å². The summed E-state index contributed by atoms with van der Waals surface area (Å²) in [7, 11) is 1.99. The largest absolute Gasteiger partial charge is 0.339 e. The van der Waals surface area contributed by atoms with E-state index in [9.17, 15) is 4.79 Å². The maximum absolute atomic E-state index is 12.8. The quantitative estimate of drug-likeness (QED) is 0.712. The minimum atomic E-state index is -0.0967. The van der Waals surface area contributed by atoms with E-state index < -0.39 is 0 Å². The van der Waals surface area contributed by atoms with Crippen molar-refractivity contribution in [3.05, 3.63) is 46.2 Å². The van der Waals surface area contributed by atoms with E-state index in [2.05, 4.69) is 23.8 Å². The van der Waals surface area contributed by atoms with E-state index in [1.165, 1.54) is 11.3 Å². The number of carbonyl (C=O) groups excluding carboxylic acids is 1. The Bertz CT molecular complexity index is 797. The van der Waals surface area contributed by atoms with Crippen molar-refractivity contribution in [3.63, 3.8) is 0 Å². The lowest BCUT2D eigenvalue weighted by molar-refractivity contribution is -0.132. The topological polar surface area (TPSA) is 41.4 Å². The zero-order valence-corrected chi connectivity index (χ0v) is 18.0. The minimum Gasteiger partial charge on any atom is -0.339 e. The van der Waals surface area contributed by atoms with E-state index in [1.807, 2.05) is 47.8 Å². The van der Waals surface area contributed by atoms with Gasteiger partial charge in [0, 0.05) is 60.9 Å². The Hall–Kier alpha value is -1.50. The number of hydrogen-bond donors (Lipinski definition) is 0. The van der Waals surface area contributed by atoms with Gasteiger partial charge in [-0.1, -0.05) is 11.6 Å². The molecule has 27 heavy (non-hydrogen) atoms. The molecule has 1 unspecified atom stereocenters. The normalized spacial score (nSPS) is 16.6. The Morgan fingerprint density at radius 3 is 2.37 bits per heavy atom. The third-order valence-electron chi connectivity index (χ3n) is 5.20. The molecule has 0 aliphatic carbocycles. The minimum absolute atomic E-state index is 0.0967. The van der Waals surface area contributed by atoms with Crippen LogP contribution in [0.25, 0.3) is 0 Å². The summed E-state index contributed by atoms with van der Waals surface area (Å²) in [5.41, 5.74) is 3.63. The molecule has 5 nitrogen and oxygen atoms in total. The molecule has 1 atom stereocenters. The monoisotopic (exact) mass is 406 g/mol. The first-order valence-corrected chi connectivity index (χ1v) is 10.5. The number of halogens is 1. The second-order valence-corrected chi connectivity index (χ2v) is 8.94. The lowest BCUT2D eigenvalue weighted by Gasteiger charge is -2.36. The van der Waals surface area contributed by atoms with E-state index >= 15 is 0 Å². The molecule has 146 valence electrons. The van der Waals surface area contributed by atoms with Crippen LogP contribution in [0.1, 0.15) is 23.9 Å². The van der Waals surface area contributed by atoms with Gasteiger partial charge in [0.15, 0.2) is 0 Å². The highest BCUT2D eigenvalue weighted by molar-refractivity contribution is 8.00. The maximum atomic E-state index is 12.8. The molecule has 0 saturated carbocycles. The molecule has 2 aromatic rings. The average Bonchev–Trinajstić information content (AvgIpc) is 2.89. The summed E-state index contributed by atoms with van der Waals surface area (Å²) >= 11 is 7.52. The SMILES string of the molecule is Cc1nn(C)c(C)c1CN1CCN(C(=O)C(C)Sc2ccc(Cl)cc2)CC1. The molecular weight excluding hydrogens is 380 g/mol. The van der Waals surface area contributed by atoms with Gasteiger partial charge < -0.3 is 4.90 Å². The molecule has 1 aliphatic heterocycles. The third kappa shape index (κ3) is 4.86. The number of rotatable bonds is 5. The fraction of sp³-hybridized carbons (Fsp3) is 0.500. The van der Waals surface area contributed by atoms with Crippen molar-refractivity contribution < 1.29 is 4.79 Å². The summed E-state index contributed by atoms with van der Waals surface area (Å²) in [5.74, 6) is 0.211. The molecule has 1 amide bonds. The molecule has 0 spiro atoms. The van der Waals surface area contributed by atoms with Crippen molar-refractivity contribution in [2.45, 2.75) is 37.5 Å². The van der Waals surface area contributed by atoms with Crippen LogP contribution in [-0.2, 0) is 18.4 Å². The van der Waals surface area contributed by atoms with Crippen LogP contribution in [0.3, 0.4) is 0 Å². The lowest BCUT2D eigenvalue weighted by atomic mass is 10.1. The predicted molar refractivity (Wildman–Crippen MR) is 111 cm³/mol.